The van der Waals surface area contributed by atoms with Crippen LogP contribution in [0.1, 0.15) is 10.4 Å². The Labute approximate surface area is 162 Å². The lowest BCUT2D eigenvalue weighted by molar-refractivity contribution is 0.0602. The van der Waals surface area contributed by atoms with Crippen LogP contribution < -0.4 is 5.32 Å². The molecule has 0 spiro atoms. The van der Waals surface area contributed by atoms with Crippen LogP contribution in [0.2, 0.25) is 0 Å². The van der Waals surface area contributed by atoms with Gasteiger partial charge in [0.25, 0.3) is 0 Å². The molecule has 2 aromatic carbocycles. The first kappa shape index (κ1) is 17.5. The highest BCUT2D eigenvalue weighted by Gasteiger charge is 2.17. The van der Waals surface area contributed by atoms with E-state index >= 15 is 0 Å². The zero-order chi connectivity index (χ0) is 19.3. The molecule has 138 valence electrons. The van der Waals surface area contributed by atoms with E-state index in [2.05, 4.69) is 10.3 Å². The third kappa shape index (κ3) is 3.48. The molecule has 4 rings (SSSR count). The van der Waals surface area contributed by atoms with Gasteiger partial charge in [-0.05, 0) is 23.8 Å². The van der Waals surface area contributed by atoms with Crippen molar-refractivity contribution >= 4 is 17.5 Å². The average Bonchev–Trinajstić information content (AvgIpc) is 3.18. The molecule has 6 nitrogen and oxygen atoms in total. The summed E-state index contributed by atoms with van der Waals surface area (Å²) in [6, 6.07) is 21.4. The van der Waals surface area contributed by atoms with E-state index in [4.69, 9.17) is 9.84 Å². The van der Waals surface area contributed by atoms with Crippen LogP contribution in [0.15, 0.2) is 85.3 Å². The van der Waals surface area contributed by atoms with Crippen LogP contribution in [0.5, 0.6) is 0 Å². The Morgan fingerprint density at radius 3 is 2.43 bits per heavy atom. The van der Waals surface area contributed by atoms with Crippen molar-refractivity contribution in [1.82, 2.24) is 14.8 Å². The molecule has 0 aliphatic rings. The first-order valence-corrected chi connectivity index (χ1v) is 8.76. The maximum Gasteiger partial charge on any atom is 0.340 e. The number of hydrogen-bond acceptors (Lipinski definition) is 5. The fourth-order valence-corrected chi connectivity index (χ4v) is 2.92. The summed E-state index contributed by atoms with van der Waals surface area (Å²) in [5.74, 6) is 0.182. The summed E-state index contributed by atoms with van der Waals surface area (Å²) in [6.45, 7) is 0. The van der Waals surface area contributed by atoms with Crippen molar-refractivity contribution < 1.29 is 9.53 Å². The van der Waals surface area contributed by atoms with Gasteiger partial charge in [0, 0.05) is 18.0 Å². The SMILES string of the molecule is COC(=O)c1ccncc1Nc1nn(-c2ccccc2)cc1-c1ccccc1. The third-order valence-corrected chi connectivity index (χ3v) is 4.30. The smallest absolute Gasteiger partial charge is 0.340 e. The molecule has 4 aromatic rings. The Bertz CT molecular complexity index is 1090. The van der Waals surface area contributed by atoms with Gasteiger partial charge in [0.15, 0.2) is 5.82 Å². The Morgan fingerprint density at radius 1 is 1.00 bits per heavy atom. The van der Waals surface area contributed by atoms with Crippen LogP contribution >= 0.6 is 0 Å². The molecule has 2 aromatic heterocycles. The molecule has 0 radical (unpaired) electrons. The van der Waals surface area contributed by atoms with Crippen molar-refractivity contribution in [2.24, 2.45) is 0 Å². The number of pyridine rings is 1. The minimum Gasteiger partial charge on any atom is -0.465 e. The van der Waals surface area contributed by atoms with Gasteiger partial charge >= 0.3 is 5.97 Å². The predicted octanol–water partition coefficient (Wildman–Crippen LogP) is 4.46. The van der Waals surface area contributed by atoms with E-state index in [1.54, 1.807) is 23.1 Å². The molecule has 1 N–H and O–H groups in total. The van der Waals surface area contributed by atoms with Crippen molar-refractivity contribution in [2.75, 3.05) is 12.4 Å². The summed E-state index contributed by atoms with van der Waals surface area (Å²) in [7, 11) is 1.35. The van der Waals surface area contributed by atoms with Crippen LogP contribution in [0.3, 0.4) is 0 Å². The van der Waals surface area contributed by atoms with Crippen molar-refractivity contribution in [1.29, 1.82) is 0 Å². The molecule has 0 saturated heterocycles. The van der Waals surface area contributed by atoms with E-state index in [9.17, 15) is 4.79 Å². The van der Waals surface area contributed by atoms with Gasteiger partial charge in [-0.25, -0.2) is 9.48 Å². The molecular weight excluding hydrogens is 352 g/mol. The molecule has 0 aliphatic carbocycles. The average molecular weight is 370 g/mol. The van der Waals surface area contributed by atoms with Gasteiger partial charge in [-0.3, -0.25) is 4.98 Å². The van der Waals surface area contributed by atoms with Crippen LogP contribution in [0, 0.1) is 0 Å². The molecule has 0 fully saturated rings. The first-order chi connectivity index (χ1) is 13.8. The summed E-state index contributed by atoms with van der Waals surface area (Å²) in [5, 5.41) is 7.95. The molecule has 2 heterocycles. The lowest BCUT2D eigenvalue weighted by Crippen LogP contribution is -2.06. The summed E-state index contributed by atoms with van der Waals surface area (Å²) < 4.78 is 6.68. The predicted molar refractivity (Wildman–Crippen MR) is 108 cm³/mol. The topological polar surface area (TPSA) is 69.0 Å². The molecule has 0 bridgehead atoms. The summed E-state index contributed by atoms with van der Waals surface area (Å²) in [4.78, 5) is 16.2. The highest BCUT2D eigenvalue weighted by atomic mass is 16.5. The monoisotopic (exact) mass is 370 g/mol. The standard InChI is InChI=1S/C22H18N4O2/c1-28-22(27)18-12-13-23-14-20(18)24-21-19(16-8-4-2-5-9-16)15-26(25-21)17-10-6-3-7-11-17/h2-15H,1H3,(H,24,25). The number of nitrogens with one attached hydrogen (secondary N) is 1. The summed E-state index contributed by atoms with van der Waals surface area (Å²) in [5.41, 5.74) is 3.78. The number of esters is 1. The number of anilines is 2. The number of rotatable bonds is 5. The first-order valence-electron chi connectivity index (χ1n) is 8.76. The Hall–Kier alpha value is -3.93. The zero-order valence-electron chi connectivity index (χ0n) is 15.2. The Morgan fingerprint density at radius 2 is 1.71 bits per heavy atom. The maximum absolute atomic E-state index is 12.1. The molecule has 0 amide bonds. The van der Waals surface area contributed by atoms with Crippen molar-refractivity contribution in [2.45, 2.75) is 0 Å². The third-order valence-electron chi connectivity index (χ3n) is 4.30. The maximum atomic E-state index is 12.1. The second-order valence-electron chi connectivity index (χ2n) is 6.08. The molecule has 0 atom stereocenters. The normalized spacial score (nSPS) is 10.5. The second-order valence-corrected chi connectivity index (χ2v) is 6.08. The van der Waals surface area contributed by atoms with Crippen molar-refractivity contribution in [3.05, 3.63) is 90.9 Å². The van der Waals surface area contributed by atoms with E-state index in [1.165, 1.54) is 7.11 Å². The van der Waals surface area contributed by atoms with Crippen LogP contribution in [-0.2, 0) is 4.74 Å². The van der Waals surface area contributed by atoms with Crippen molar-refractivity contribution in [3.63, 3.8) is 0 Å². The van der Waals surface area contributed by atoms with Crippen molar-refractivity contribution in [3.8, 4) is 16.8 Å². The number of carbonyl (C=O) groups is 1. The Kier molecular flexibility index (Phi) is 4.84. The number of carbonyl (C=O) groups excluding carboxylic acids is 1. The van der Waals surface area contributed by atoms with E-state index in [0.29, 0.717) is 17.1 Å². The fraction of sp³-hybridized carbons (Fsp3) is 0.0455. The van der Waals surface area contributed by atoms with Crippen LogP contribution in [0.25, 0.3) is 16.8 Å². The quantitative estimate of drug-likeness (QED) is 0.525. The van der Waals surface area contributed by atoms with Gasteiger partial charge in [0.1, 0.15) is 0 Å². The van der Waals surface area contributed by atoms with Gasteiger partial charge in [0.05, 0.1) is 30.2 Å². The number of para-hydroxylation sites is 1. The highest BCUT2D eigenvalue weighted by Crippen LogP contribution is 2.31. The minimum atomic E-state index is -0.436. The minimum absolute atomic E-state index is 0.394. The number of aromatic nitrogens is 3. The number of hydrogen-bond donors (Lipinski definition) is 1. The summed E-state index contributed by atoms with van der Waals surface area (Å²) >= 11 is 0. The van der Waals surface area contributed by atoms with E-state index in [1.807, 2.05) is 66.9 Å². The zero-order valence-corrected chi connectivity index (χ0v) is 15.2. The van der Waals surface area contributed by atoms with Gasteiger partial charge < -0.3 is 10.1 Å². The lowest BCUT2D eigenvalue weighted by Gasteiger charge is -2.09. The van der Waals surface area contributed by atoms with Gasteiger partial charge in [-0.2, -0.15) is 0 Å². The van der Waals surface area contributed by atoms with Crippen LogP contribution in [0.4, 0.5) is 11.5 Å². The fourth-order valence-electron chi connectivity index (χ4n) is 2.92. The Balaban J connectivity index is 1.80. The number of methoxy groups -OCH3 is 1. The number of benzene rings is 2. The van der Waals surface area contributed by atoms with E-state index in [-0.39, 0.29) is 0 Å². The highest BCUT2D eigenvalue weighted by molar-refractivity contribution is 5.96. The second kappa shape index (κ2) is 7.75. The largest absolute Gasteiger partial charge is 0.465 e. The molecular formula is C22H18N4O2. The summed E-state index contributed by atoms with van der Waals surface area (Å²) in [6.07, 6.45) is 5.10. The lowest BCUT2D eigenvalue weighted by atomic mass is 10.1. The van der Waals surface area contributed by atoms with E-state index in [0.717, 1.165) is 16.8 Å². The molecule has 0 unspecified atom stereocenters. The van der Waals surface area contributed by atoms with Gasteiger partial charge in [-0.1, -0.05) is 48.5 Å². The van der Waals surface area contributed by atoms with E-state index < -0.39 is 5.97 Å². The molecule has 0 aliphatic heterocycles. The molecule has 0 saturated carbocycles. The molecule has 28 heavy (non-hydrogen) atoms. The van der Waals surface area contributed by atoms with Gasteiger partial charge in [-0.15, -0.1) is 5.10 Å². The molecule has 6 heteroatoms. The number of nitrogens with zero attached hydrogens (tertiary/aromatic N) is 3. The number of ether oxygens (including phenoxy) is 1. The van der Waals surface area contributed by atoms with Gasteiger partial charge in [0.2, 0.25) is 0 Å². The van der Waals surface area contributed by atoms with Crippen LogP contribution in [-0.4, -0.2) is 27.8 Å².